The largest absolute Gasteiger partial charge is 0.341 e. The number of rotatable bonds is 3. The zero-order chi connectivity index (χ0) is 11.4. The molecule has 0 radical (unpaired) electrons. The summed E-state index contributed by atoms with van der Waals surface area (Å²) in [6.07, 6.45) is 0. The van der Waals surface area contributed by atoms with Gasteiger partial charge in [0.15, 0.2) is 0 Å². The van der Waals surface area contributed by atoms with Gasteiger partial charge in [-0.25, -0.2) is 0 Å². The summed E-state index contributed by atoms with van der Waals surface area (Å²) in [4.78, 5) is 13.6. The van der Waals surface area contributed by atoms with Crippen LogP contribution in [0.3, 0.4) is 0 Å². The molecule has 0 spiro atoms. The van der Waals surface area contributed by atoms with Crippen molar-refractivity contribution >= 4 is 37.8 Å². The van der Waals surface area contributed by atoms with E-state index in [0.717, 1.165) is 20.9 Å². The van der Waals surface area contributed by atoms with Gasteiger partial charge in [0, 0.05) is 29.0 Å². The Balaban J connectivity index is 2.87. The first-order valence-electron chi connectivity index (χ1n) is 4.64. The Morgan fingerprint density at radius 3 is 2.67 bits per heavy atom. The fourth-order valence-corrected chi connectivity index (χ4v) is 2.09. The van der Waals surface area contributed by atoms with Crippen LogP contribution < -0.4 is 0 Å². The van der Waals surface area contributed by atoms with Gasteiger partial charge in [-0.3, -0.25) is 4.79 Å². The highest BCUT2D eigenvalue weighted by Crippen LogP contribution is 2.18. The molecule has 0 fully saturated rings. The summed E-state index contributed by atoms with van der Waals surface area (Å²) < 4.78 is 0.973. The molecule has 1 amide bonds. The molecule has 0 unspecified atom stereocenters. The zero-order valence-electron chi connectivity index (χ0n) is 8.76. The van der Waals surface area contributed by atoms with Gasteiger partial charge in [-0.1, -0.05) is 37.9 Å². The van der Waals surface area contributed by atoms with E-state index in [0.29, 0.717) is 6.54 Å². The molecule has 1 rings (SSSR count). The molecule has 0 N–H and O–H groups in total. The second kappa shape index (κ2) is 5.66. The standard InChI is InChI=1S/C11H13Br2NO/c1-8-3-4-9(7-10(8)13)11(15)14(2)6-5-12/h3-4,7H,5-6H2,1-2H3. The van der Waals surface area contributed by atoms with Crippen LogP contribution in [0, 0.1) is 6.92 Å². The molecule has 0 aliphatic carbocycles. The Hall–Kier alpha value is -0.350. The van der Waals surface area contributed by atoms with E-state index < -0.39 is 0 Å². The third-order valence-corrected chi connectivity index (χ3v) is 3.39. The van der Waals surface area contributed by atoms with Crippen molar-refractivity contribution in [3.05, 3.63) is 33.8 Å². The van der Waals surface area contributed by atoms with Gasteiger partial charge in [-0.2, -0.15) is 0 Å². The first-order valence-corrected chi connectivity index (χ1v) is 6.55. The van der Waals surface area contributed by atoms with Gasteiger partial charge >= 0.3 is 0 Å². The number of aryl methyl sites for hydroxylation is 1. The quantitative estimate of drug-likeness (QED) is 0.777. The Morgan fingerprint density at radius 1 is 1.47 bits per heavy atom. The molecule has 82 valence electrons. The highest BCUT2D eigenvalue weighted by molar-refractivity contribution is 9.10. The van der Waals surface area contributed by atoms with Crippen molar-refractivity contribution in [2.75, 3.05) is 18.9 Å². The highest BCUT2D eigenvalue weighted by Gasteiger charge is 2.11. The lowest BCUT2D eigenvalue weighted by Crippen LogP contribution is -2.28. The second-order valence-electron chi connectivity index (χ2n) is 3.38. The molecule has 2 nitrogen and oxygen atoms in total. The first-order chi connectivity index (χ1) is 7.06. The van der Waals surface area contributed by atoms with E-state index >= 15 is 0 Å². The van der Waals surface area contributed by atoms with Crippen molar-refractivity contribution < 1.29 is 4.79 Å². The molecule has 1 aromatic carbocycles. The maximum absolute atomic E-state index is 11.9. The lowest BCUT2D eigenvalue weighted by atomic mass is 10.1. The van der Waals surface area contributed by atoms with Crippen LogP contribution in [-0.4, -0.2) is 29.7 Å². The topological polar surface area (TPSA) is 20.3 Å². The van der Waals surface area contributed by atoms with Gasteiger partial charge in [0.05, 0.1) is 0 Å². The van der Waals surface area contributed by atoms with Crippen LogP contribution in [0.1, 0.15) is 15.9 Å². The highest BCUT2D eigenvalue weighted by atomic mass is 79.9. The zero-order valence-corrected chi connectivity index (χ0v) is 11.9. The number of carbonyl (C=O) groups excluding carboxylic acids is 1. The van der Waals surface area contributed by atoms with Crippen LogP contribution in [0.4, 0.5) is 0 Å². The third kappa shape index (κ3) is 3.31. The van der Waals surface area contributed by atoms with E-state index in [1.807, 2.05) is 25.1 Å². The van der Waals surface area contributed by atoms with Crippen molar-refractivity contribution in [2.45, 2.75) is 6.92 Å². The molecule has 0 heterocycles. The van der Waals surface area contributed by atoms with Gasteiger partial charge < -0.3 is 4.90 Å². The Bertz CT molecular complexity index is 366. The molecule has 0 atom stereocenters. The molecule has 0 saturated carbocycles. The average molecular weight is 335 g/mol. The minimum absolute atomic E-state index is 0.0511. The minimum atomic E-state index is 0.0511. The summed E-state index contributed by atoms with van der Waals surface area (Å²) in [7, 11) is 1.80. The van der Waals surface area contributed by atoms with Gasteiger partial charge in [0.1, 0.15) is 0 Å². The predicted molar refractivity (Wildman–Crippen MR) is 69.6 cm³/mol. The monoisotopic (exact) mass is 333 g/mol. The molecule has 0 aromatic heterocycles. The maximum Gasteiger partial charge on any atom is 0.253 e. The molecule has 0 bridgehead atoms. The summed E-state index contributed by atoms with van der Waals surface area (Å²) in [6, 6.07) is 5.66. The van der Waals surface area contributed by atoms with Crippen LogP contribution in [0.2, 0.25) is 0 Å². The molecular weight excluding hydrogens is 322 g/mol. The van der Waals surface area contributed by atoms with E-state index in [1.165, 1.54) is 0 Å². The molecular formula is C11H13Br2NO. The summed E-state index contributed by atoms with van der Waals surface area (Å²) >= 11 is 6.74. The van der Waals surface area contributed by atoms with E-state index in [9.17, 15) is 4.79 Å². The maximum atomic E-state index is 11.9. The van der Waals surface area contributed by atoms with Crippen molar-refractivity contribution in [1.29, 1.82) is 0 Å². The Labute approximate surface area is 107 Å². The van der Waals surface area contributed by atoms with Gasteiger partial charge in [0.2, 0.25) is 0 Å². The fourth-order valence-electron chi connectivity index (χ4n) is 1.17. The van der Waals surface area contributed by atoms with Crippen LogP contribution in [-0.2, 0) is 0 Å². The fraction of sp³-hybridized carbons (Fsp3) is 0.364. The first kappa shape index (κ1) is 12.7. The smallest absolute Gasteiger partial charge is 0.253 e. The van der Waals surface area contributed by atoms with E-state index in [1.54, 1.807) is 11.9 Å². The Morgan fingerprint density at radius 2 is 2.13 bits per heavy atom. The molecule has 0 saturated heterocycles. The normalized spacial score (nSPS) is 10.1. The van der Waals surface area contributed by atoms with Crippen molar-refractivity contribution in [3.8, 4) is 0 Å². The van der Waals surface area contributed by atoms with Gasteiger partial charge in [-0.15, -0.1) is 0 Å². The average Bonchev–Trinajstić information content (AvgIpc) is 2.21. The summed E-state index contributed by atoms with van der Waals surface area (Å²) in [6.45, 7) is 2.71. The lowest BCUT2D eigenvalue weighted by molar-refractivity contribution is 0.0804. The van der Waals surface area contributed by atoms with Crippen molar-refractivity contribution in [3.63, 3.8) is 0 Å². The Kier molecular flexibility index (Phi) is 4.80. The summed E-state index contributed by atoms with van der Waals surface area (Å²) in [5.41, 5.74) is 1.85. The number of alkyl halides is 1. The number of halogens is 2. The van der Waals surface area contributed by atoms with E-state index in [-0.39, 0.29) is 5.91 Å². The van der Waals surface area contributed by atoms with Crippen LogP contribution in [0.5, 0.6) is 0 Å². The third-order valence-electron chi connectivity index (χ3n) is 2.19. The molecule has 0 aliphatic heterocycles. The van der Waals surface area contributed by atoms with Crippen molar-refractivity contribution in [1.82, 2.24) is 4.90 Å². The van der Waals surface area contributed by atoms with Crippen molar-refractivity contribution in [2.24, 2.45) is 0 Å². The number of benzene rings is 1. The molecule has 0 aliphatic rings. The van der Waals surface area contributed by atoms with Crippen LogP contribution >= 0.6 is 31.9 Å². The minimum Gasteiger partial charge on any atom is -0.341 e. The van der Waals surface area contributed by atoms with Gasteiger partial charge in [-0.05, 0) is 24.6 Å². The number of carbonyl (C=O) groups is 1. The lowest BCUT2D eigenvalue weighted by Gasteiger charge is -2.15. The van der Waals surface area contributed by atoms with Gasteiger partial charge in [0.25, 0.3) is 5.91 Å². The predicted octanol–water partition coefficient (Wildman–Crippen LogP) is 3.22. The van der Waals surface area contributed by atoms with Crippen LogP contribution in [0.25, 0.3) is 0 Å². The SMILES string of the molecule is Cc1ccc(C(=O)N(C)CCBr)cc1Br. The number of nitrogens with zero attached hydrogens (tertiary/aromatic N) is 1. The number of amides is 1. The second-order valence-corrected chi connectivity index (χ2v) is 5.03. The summed E-state index contributed by atoms with van der Waals surface area (Å²) in [5, 5.41) is 0.794. The number of hydrogen-bond acceptors (Lipinski definition) is 1. The van der Waals surface area contributed by atoms with E-state index in [4.69, 9.17) is 0 Å². The summed E-state index contributed by atoms with van der Waals surface area (Å²) in [5.74, 6) is 0.0511. The number of hydrogen-bond donors (Lipinski definition) is 0. The van der Waals surface area contributed by atoms with Crippen LogP contribution in [0.15, 0.2) is 22.7 Å². The molecule has 1 aromatic rings. The van der Waals surface area contributed by atoms with E-state index in [2.05, 4.69) is 31.9 Å². The molecule has 15 heavy (non-hydrogen) atoms. The molecule has 4 heteroatoms.